The second-order valence-electron chi connectivity index (χ2n) is 7.88. The van der Waals surface area contributed by atoms with Crippen molar-refractivity contribution in [1.29, 1.82) is 0 Å². The molecule has 1 aromatic carbocycles. The molecule has 1 aliphatic heterocycles. The van der Waals surface area contributed by atoms with Crippen LogP contribution in [0.2, 0.25) is 0 Å². The van der Waals surface area contributed by atoms with Gasteiger partial charge >= 0.3 is 11.7 Å². The molecule has 0 bridgehead atoms. The zero-order chi connectivity index (χ0) is 22.3. The third-order valence-corrected chi connectivity index (χ3v) is 6.11. The van der Waals surface area contributed by atoms with E-state index in [4.69, 9.17) is 4.74 Å². The molecule has 162 valence electrons. The fourth-order valence-corrected chi connectivity index (χ4v) is 4.91. The molecule has 1 heterocycles. The zero-order valence-corrected chi connectivity index (χ0v) is 17.1. The van der Waals surface area contributed by atoms with Gasteiger partial charge in [0.2, 0.25) is 0 Å². The molecule has 9 heteroatoms. The van der Waals surface area contributed by atoms with Crippen LogP contribution in [0.5, 0.6) is 5.75 Å². The fourth-order valence-electron chi connectivity index (χ4n) is 4.91. The van der Waals surface area contributed by atoms with Crippen LogP contribution < -0.4 is 4.74 Å². The lowest BCUT2D eigenvalue weighted by atomic mass is 9.71. The normalized spacial score (nSPS) is 19.3. The van der Waals surface area contributed by atoms with Gasteiger partial charge in [-0.1, -0.05) is 6.07 Å². The van der Waals surface area contributed by atoms with Gasteiger partial charge in [-0.15, -0.1) is 0 Å². The van der Waals surface area contributed by atoms with Gasteiger partial charge in [0, 0.05) is 47.4 Å². The number of nitrogens with zero attached hydrogens (tertiary/aromatic N) is 2. The fraction of sp³-hybridized carbons (Fsp3) is 0.409. The van der Waals surface area contributed by atoms with Crippen LogP contribution in [0, 0.1) is 10.1 Å². The number of benzene rings is 1. The first-order valence-corrected chi connectivity index (χ1v) is 10.2. The number of rotatable bonds is 5. The van der Waals surface area contributed by atoms with Gasteiger partial charge in [0.05, 0.1) is 12.0 Å². The summed E-state index contributed by atoms with van der Waals surface area (Å²) in [6, 6.07) is 4.47. The molecule has 0 saturated carbocycles. The monoisotopic (exact) mass is 426 g/mol. The van der Waals surface area contributed by atoms with Crippen molar-refractivity contribution in [2.24, 2.45) is 0 Å². The van der Waals surface area contributed by atoms with Gasteiger partial charge in [-0.25, -0.2) is 0 Å². The van der Waals surface area contributed by atoms with E-state index in [1.807, 2.05) is 0 Å². The Hall–Kier alpha value is -3.49. The quantitative estimate of drug-likeness (QED) is 0.562. The minimum Gasteiger partial charge on any atom is -0.490 e. The number of hydrogen-bond donors (Lipinski definition) is 1. The number of nitro benzene ring substituents is 1. The van der Waals surface area contributed by atoms with Gasteiger partial charge in [-0.3, -0.25) is 24.5 Å². The Bertz CT molecular complexity index is 1030. The van der Waals surface area contributed by atoms with Gasteiger partial charge < -0.3 is 14.7 Å². The minimum atomic E-state index is -1.05. The third-order valence-electron chi connectivity index (χ3n) is 6.11. The molecule has 31 heavy (non-hydrogen) atoms. The maximum atomic E-state index is 13.0. The number of ketones is 2. The van der Waals surface area contributed by atoms with Crippen LogP contribution in [0.3, 0.4) is 0 Å². The molecule has 9 nitrogen and oxygen atoms in total. The molecule has 0 atom stereocenters. The first kappa shape index (κ1) is 20.8. The lowest BCUT2D eigenvalue weighted by molar-refractivity contribution is -0.385. The molecule has 0 spiro atoms. The highest BCUT2D eigenvalue weighted by molar-refractivity contribution is 6.06. The highest BCUT2D eigenvalue weighted by Crippen LogP contribution is 2.49. The van der Waals surface area contributed by atoms with E-state index in [1.54, 1.807) is 11.0 Å². The molecule has 0 amide bonds. The molecular weight excluding hydrogens is 404 g/mol. The Balaban J connectivity index is 1.97. The van der Waals surface area contributed by atoms with E-state index < -0.39 is 16.8 Å². The number of nitro groups is 1. The standard InChI is InChI=1S/C22H22N2O7/c1-31-18-9-8-12(10-15(18)24(29)30)20-21-13(4-2-6-16(21)25)23(11-19(27)28)14-5-3-7-17(26)22(14)20/h8-10,20H,2-7,11H2,1H3,(H,27,28). The average Bonchev–Trinajstić information content (AvgIpc) is 2.74. The molecule has 0 aromatic heterocycles. The summed E-state index contributed by atoms with van der Waals surface area (Å²) in [7, 11) is 1.34. The summed E-state index contributed by atoms with van der Waals surface area (Å²) >= 11 is 0. The molecule has 2 aliphatic carbocycles. The number of carbonyl (C=O) groups is 3. The number of aliphatic carboxylic acids is 1. The van der Waals surface area contributed by atoms with Crippen LogP contribution in [-0.2, 0) is 14.4 Å². The van der Waals surface area contributed by atoms with Gasteiger partial charge in [-0.05, 0) is 37.3 Å². The Morgan fingerprint density at radius 2 is 1.71 bits per heavy atom. The Morgan fingerprint density at radius 1 is 1.13 bits per heavy atom. The van der Waals surface area contributed by atoms with Gasteiger partial charge in [0.25, 0.3) is 0 Å². The number of allylic oxidation sites excluding steroid dienone is 4. The van der Waals surface area contributed by atoms with Crippen LogP contribution in [0.4, 0.5) is 5.69 Å². The highest BCUT2D eigenvalue weighted by atomic mass is 16.6. The number of hydrogen-bond acceptors (Lipinski definition) is 7. The summed E-state index contributed by atoms with van der Waals surface area (Å²) in [5.74, 6) is -1.99. The van der Waals surface area contributed by atoms with Crippen LogP contribution in [0.15, 0.2) is 40.7 Å². The van der Waals surface area contributed by atoms with E-state index in [1.165, 1.54) is 19.2 Å². The summed E-state index contributed by atoms with van der Waals surface area (Å²) in [5.41, 5.74) is 2.24. The average molecular weight is 426 g/mol. The van der Waals surface area contributed by atoms with E-state index in [0.717, 1.165) is 0 Å². The second-order valence-corrected chi connectivity index (χ2v) is 7.88. The second kappa shape index (κ2) is 7.98. The Labute approximate surface area is 178 Å². The smallest absolute Gasteiger partial charge is 0.323 e. The van der Waals surface area contributed by atoms with Crippen molar-refractivity contribution in [1.82, 2.24) is 4.90 Å². The van der Waals surface area contributed by atoms with Crippen LogP contribution in [-0.4, -0.2) is 46.1 Å². The molecule has 0 fully saturated rings. The summed E-state index contributed by atoms with van der Waals surface area (Å²) in [6.45, 7) is -0.326. The van der Waals surface area contributed by atoms with Crippen molar-refractivity contribution in [3.8, 4) is 5.75 Å². The van der Waals surface area contributed by atoms with Gasteiger partial charge in [0.1, 0.15) is 6.54 Å². The summed E-state index contributed by atoms with van der Waals surface area (Å²) in [6.07, 6.45) is 2.83. The van der Waals surface area contributed by atoms with E-state index in [-0.39, 0.29) is 29.5 Å². The molecule has 0 unspecified atom stereocenters. The largest absolute Gasteiger partial charge is 0.490 e. The molecule has 0 saturated heterocycles. The summed E-state index contributed by atoms with van der Waals surface area (Å²) in [5, 5.41) is 21.0. The van der Waals surface area contributed by atoms with E-state index in [9.17, 15) is 29.6 Å². The number of carboxylic acids is 1. The molecule has 3 aliphatic rings. The number of carbonyl (C=O) groups excluding carboxylic acids is 2. The van der Waals surface area contributed by atoms with Crippen molar-refractivity contribution in [3.05, 3.63) is 56.4 Å². The Kier molecular flexibility index (Phi) is 5.34. The van der Waals surface area contributed by atoms with Gasteiger partial charge in [-0.2, -0.15) is 0 Å². The molecule has 1 aromatic rings. The van der Waals surface area contributed by atoms with E-state index in [2.05, 4.69) is 0 Å². The van der Waals surface area contributed by atoms with E-state index in [0.29, 0.717) is 66.6 Å². The van der Waals surface area contributed by atoms with Gasteiger partial charge in [0.15, 0.2) is 17.3 Å². The predicted octanol–water partition coefficient (Wildman–Crippen LogP) is 3.10. The topological polar surface area (TPSA) is 127 Å². The maximum absolute atomic E-state index is 13.0. The predicted molar refractivity (Wildman–Crippen MR) is 108 cm³/mol. The van der Waals surface area contributed by atoms with Crippen molar-refractivity contribution < 1.29 is 29.2 Å². The summed E-state index contributed by atoms with van der Waals surface area (Å²) in [4.78, 5) is 50.3. The molecule has 0 radical (unpaired) electrons. The number of ether oxygens (including phenoxy) is 1. The first-order valence-electron chi connectivity index (χ1n) is 10.2. The number of carboxylic acid groups (broad SMARTS) is 1. The maximum Gasteiger partial charge on any atom is 0.323 e. The molecular formula is C22H22N2O7. The number of methoxy groups -OCH3 is 1. The third kappa shape index (κ3) is 3.49. The van der Waals surface area contributed by atoms with Crippen molar-refractivity contribution in [2.75, 3.05) is 13.7 Å². The minimum absolute atomic E-state index is 0.0883. The van der Waals surface area contributed by atoms with Crippen LogP contribution in [0.1, 0.15) is 50.0 Å². The molecule has 4 rings (SSSR count). The summed E-state index contributed by atoms with van der Waals surface area (Å²) < 4.78 is 5.09. The van der Waals surface area contributed by atoms with Crippen molar-refractivity contribution in [2.45, 2.75) is 44.4 Å². The van der Waals surface area contributed by atoms with Crippen LogP contribution >= 0.6 is 0 Å². The highest BCUT2D eigenvalue weighted by Gasteiger charge is 2.44. The number of Topliss-reactive ketones (excluding diaryl/α,β-unsaturated/α-hetero) is 2. The van der Waals surface area contributed by atoms with Crippen LogP contribution in [0.25, 0.3) is 0 Å². The lowest BCUT2D eigenvalue weighted by Gasteiger charge is -2.43. The zero-order valence-electron chi connectivity index (χ0n) is 17.1. The Morgan fingerprint density at radius 3 is 2.19 bits per heavy atom. The van der Waals surface area contributed by atoms with Crippen molar-refractivity contribution in [3.63, 3.8) is 0 Å². The van der Waals surface area contributed by atoms with Crippen molar-refractivity contribution >= 4 is 23.2 Å². The first-order chi connectivity index (χ1) is 14.8. The lowest BCUT2D eigenvalue weighted by Crippen LogP contribution is -2.41. The van der Waals surface area contributed by atoms with E-state index >= 15 is 0 Å². The SMILES string of the molecule is COc1ccc(C2C3=C(CCCC3=O)N(CC(=O)O)C3=C2C(=O)CCC3)cc1[N+](=O)[O-]. The molecule has 1 N–H and O–H groups in total.